The van der Waals surface area contributed by atoms with Crippen LogP contribution in [-0.2, 0) is 4.79 Å². The summed E-state index contributed by atoms with van der Waals surface area (Å²) in [6.07, 6.45) is 6.35. The van der Waals surface area contributed by atoms with Gasteiger partial charge in [-0.1, -0.05) is 51.1 Å². The Morgan fingerprint density at radius 1 is 1.19 bits per heavy atom. The van der Waals surface area contributed by atoms with E-state index in [2.05, 4.69) is 21.4 Å². The fraction of sp³-hybridized carbons (Fsp3) is 0.310. The Balaban J connectivity index is 1.92. The van der Waals surface area contributed by atoms with Crippen molar-refractivity contribution in [2.75, 3.05) is 18.0 Å². The molecule has 0 aliphatic carbocycles. The summed E-state index contributed by atoms with van der Waals surface area (Å²) in [5.41, 5.74) is 2.87. The number of nitrogens with one attached hydrogen (secondary N) is 1. The Bertz CT molecular complexity index is 1320. The monoisotopic (exact) mass is 506 g/mol. The topological polar surface area (TPSA) is 69.9 Å². The van der Waals surface area contributed by atoms with Gasteiger partial charge in [0.05, 0.1) is 34.3 Å². The van der Waals surface area contributed by atoms with E-state index in [-0.39, 0.29) is 28.5 Å². The normalized spacial score (nSPS) is 12.3. The van der Waals surface area contributed by atoms with Gasteiger partial charge in [0.2, 0.25) is 0 Å². The maximum atomic E-state index is 14.3. The number of carbonyl (C=O) groups is 1. The summed E-state index contributed by atoms with van der Waals surface area (Å²) in [4.78, 5) is 24.0. The molecule has 1 unspecified atom stereocenters. The van der Waals surface area contributed by atoms with Gasteiger partial charge < -0.3 is 4.90 Å². The molecule has 0 spiro atoms. The van der Waals surface area contributed by atoms with Crippen LogP contribution in [0.3, 0.4) is 0 Å². The fourth-order valence-corrected chi connectivity index (χ4v) is 4.04. The van der Waals surface area contributed by atoms with Crippen molar-refractivity contribution in [2.24, 2.45) is 11.8 Å². The molecule has 5 nitrogen and oxygen atoms in total. The number of Topliss-reactive ketones (excluding diaryl/α,β-unsaturated/α-hetero) is 1. The van der Waals surface area contributed by atoms with E-state index in [0.717, 1.165) is 5.69 Å². The zero-order chi connectivity index (χ0) is 26.4. The molecule has 3 rings (SSSR count). The summed E-state index contributed by atoms with van der Waals surface area (Å²) < 4.78 is 14.3. The van der Waals surface area contributed by atoms with Gasteiger partial charge in [0.25, 0.3) is 0 Å². The summed E-state index contributed by atoms with van der Waals surface area (Å²) in [7, 11) is 0. The average Bonchev–Trinajstić information content (AvgIpc) is 2.85. The summed E-state index contributed by atoms with van der Waals surface area (Å²) in [6.45, 7) is 13.2. The van der Waals surface area contributed by atoms with Gasteiger partial charge in [0.15, 0.2) is 0 Å². The van der Waals surface area contributed by atoms with Crippen LogP contribution in [0.1, 0.15) is 45.4 Å². The molecular weight excluding hydrogens is 475 g/mol. The highest BCUT2D eigenvalue weighted by atomic mass is 35.5. The predicted molar refractivity (Wildman–Crippen MR) is 147 cm³/mol. The zero-order valence-corrected chi connectivity index (χ0v) is 21.9. The number of carbonyl (C=O) groups excluding carboxylic acids is 1. The third kappa shape index (κ3) is 6.64. The first-order chi connectivity index (χ1) is 17.1. The molecule has 1 atom stereocenters. The molecule has 0 saturated heterocycles. The van der Waals surface area contributed by atoms with Crippen LogP contribution < -0.4 is 4.90 Å². The molecule has 36 heavy (non-hydrogen) atoms. The Kier molecular flexibility index (Phi) is 9.10. The lowest BCUT2D eigenvalue weighted by atomic mass is 9.97. The minimum absolute atomic E-state index is 0.0684. The summed E-state index contributed by atoms with van der Waals surface area (Å²) in [5, 5.41) is 8.81. The molecule has 0 aliphatic heterocycles. The molecule has 188 valence electrons. The second-order valence-electron chi connectivity index (χ2n) is 9.35. The fourth-order valence-electron chi connectivity index (χ4n) is 3.87. The number of halogens is 2. The number of hydrogen-bond donors (Lipinski definition) is 1. The molecule has 1 aromatic carbocycles. The van der Waals surface area contributed by atoms with Crippen LogP contribution in [0, 0.1) is 23.1 Å². The second-order valence-corrected chi connectivity index (χ2v) is 9.78. The molecule has 0 radical (unpaired) electrons. The average molecular weight is 507 g/mol. The molecule has 0 aliphatic rings. The van der Waals surface area contributed by atoms with Crippen molar-refractivity contribution in [1.29, 1.82) is 5.41 Å². The quantitative estimate of drug-likeness (QED) is 0.221. The second kappa shape index (κ2) is 12.0. The van der Waals surface area contributed by atoms with E-state index in [0.29, 0.717) is 47.2 Å². The number of benzene rings is 1. The van der Waals surface area contributed by atoms with Crippen LogP contribution >= 0.6 is 11.6 Å². The van der Waals surface area contributed by atoms with E-state index < -0.39 is 5.82 Å². The van der Waals surface area contributed by atoms with Gasteiger partial charge >= 0.3 is 0 Å². The van der Waals surface area contributed by atoms with Gasteiger partial charge in [-0.25, -0.2) is 9.37 Å². The number of allylic oxidation sites excluding steroid dienone is 2. The maximum Gasteiger partial charge on any atom is 0.137 e. The van der Waals surface area contributed by atoms with E-state index >= 15 is 0 Å². The largest absolute Gasteiger partial charge is 0.366 e. The first kappa shape index (κ1) is 27.2. The molecule has 2 heterocycles. The number of nitrogens with zero attached hydrogens (tertiary/aromatic N) is 3. The lowest BCUT2D eigenvalue weighted by molar-refractivity contribution is -0.122. The lowest BCUT2D eigenvalue weighted by Gasteiger charge is -2.26. The van der Waals surface area contributed by atoms with Gasteiger partial charge in [-0.2, -0.15) is 0 Å². The highest BCUT2D eigenvalue weighted by Gasteiger charge is 2.19. The van der Waals surface area contributed by atoms with Crippen LogP contribution in [-0.4, -0.2) is 34.6 Å². The molecule has 0 bridgehead atoms. The van der Waals surface area contributed by atoms with Gasteiger partial charge in [-0.15, -0.1) is 0 Å². The highest BCUT2D eigenvalue weighted by molar-refractivity contribution is 6.33. The standard InChI is InChI=1S/C29H32ClFN4O/c1-6-7-12-35(17-19(4)28(36)13-18(2)3)22-15-27-26(33-16-22)11-10-25(34-27)20(5)29(32)23-14-21(30)8-9-24(23)31/h6-11,14-16,18-19,32H,5,12-13,17H2,1-4H3/b7-6-,32-29?. The molecule has 3 aromatic rings. The van der Waals surface area contributed by atoms with Crippen molar-refractivity contribution < 1.29 is 9.18 Å². The minimum atomic E-state index is -0.545. The number of hydrogen-bond acceptors (Lipinski definition) is 5. The lowest BCUT2D eigenvalue weighted by Crippen LogP contribution is -2.32. The Hall–Kier alpha value is -3.38. The predicted octanol–water partition coefficient (Wildman–Crippen LogP) is 7.14. The first-order valence-electron chi connectivity index (χ1n) is 12.0. The van der Waals surface area contributed by atoms with Crippen LogP contribution in [0.5, 0.6) is 0 Å². The van der Waals surface area contributed by atoms with Crippen molar-refractivity contribution in [3.05, 3.63) is 83.4 Å². The number of pyridine rings is 2. The SMILES string of the molecule is C=C(C(=N)c1cc(Cl)ccc1F)c1ccc2ncc(N(C/C=C\C)CC(C)C(=O)CC(C)C)cc2n1. The van der Waals surface area contributed by atoms with Crippen molar-refractivity contribution in [2.45, 2.75) is 34.1 Å². The molecule has 7 heteroatoms. The van der Waals surface area contributed by atoms with Crippen LogP contribution in [0.4, 0.5) is 10.1 Å². The molecule has 2 aromatic heterocycles. The smallest absolute Gasteiger partial charge is 0.137 e. The molecular formula is C29H32ClFN4O. The number of ketones is 1. The van der Waals surface area contributed by atoms with E-state index in [1.165, 1.54) is 18.2 Å². The minimum Gasteiger partial charge on any atom is -0.366 e. The Morgan fingerprint density at radius 2 is 1.94 bits per heavy atom. The molecule has 0 amide bonds. The number of aromatic nitrogens is 2. The van der Waals surface area contributed by atoms with Crippen molar-refractivity contribution >= 4 is 45.4 Å². The molecule has 0 saturated carbocycles. The van der Waals surface area contributed by atoms with E-state index in [1.807, 2.05) is 45.9 Å². The number of anilines is 1. The van der Waals surface area contributed by atoms with Crippen molar-refractivity contribution in [1.82, 2.24) is 9.97 Å². The van der Waals surface area contributed by atoms with Gasteiger partial charge in [-0.05, 0) is 49.2 Å². The summed E-state index contributed by atoms with van der Waals surface area (Å²) in [6, 6.07) is 9.53. The van der Waals surface area contributed by atoms with Crippen LogP contribution in [0.25, 0.3) is 16.6 Å². The van der Waals surface area contributed by atoms with E-state index in [1.54, 1.807) is 18.3 Å². The third-order valence-electron chi connectivity index (χ3n) is 5.91. The first-order valence-corrected chi connectivity index (χ1v) is 12.4. The molecule has 1 N–H and O–H groups in total. The summed E-state index contributed by atoms with van der Waals surface area (Å²) >= 11 is 6.01. The van der Waals surface area contributed by atoms with Crippen molar-refractivity contribution in [3.63, 3.8) is 0 Å². The van der Waals surface area contributed by atoms with Crippen molar-refractivity contribution in [3.8, 4) is 0 Å². The highest BCUT2D eigenvalue weighted by Crippen LogP contribution is 2.25. The van der Waals surface area contributed by atoms with Crippen LogP contribution in [0.2, 0.25) is 5.02 Å². The van der Waals surface area contributed by atoms with Crippen LogP contribution in [0.15, 0.2) is 61.3 Å². The van der Waals surface area contributed by atoms with Gasteiger partial charge in [-0.3, -0.25) is 15.2 Å². The third-order valence-corrected chi connectivity index (χ3v) is 6.15. The van der Waals surface area contributed by atoms with Gasteiger partial charge in [0.1, 0.15) is 11.6 Å². The van der Waals surface area contributed by atoms with E-state index in [9.17, 15) is 9.18 Å². The van der Waals surface area contributed by atoms with E-state index in [4.69, 9.17) is 17.0 Å². The molecule has 0 fully saturated rings. The van der Waals surface area contributed by atoms with Gasteiger partial charge in [0, 0.05) is 41.6 Å². The Morgan fingerprint density at radius 3 is 2.64 bits per heavy atom. The maximum absolute atomic E-state index is 14.3. The number of rotatable bonds is 11. The Labute approximate surface area is 217 Å². The summed E-state index contributed by atoms with van der Waals surface area (Å²) in [5.74, 6) is -0.106. The number of fused-ring (bicyclic) bond motifs is 1. The zero-order valence-electron chi connectivity index (χ0n) is 21.2.